The summed E-state index contributed by atoms with van der Waals surface area (Å²) in [5.41, 5.74) is 3.67. The lowest BCUT2D eigenvalue weighted by molar-refractivity contribution is -0.0361. The zero-order valence-corrected chi connectivity index (χ0v) is 19.6. The molecule has 1 amide bonds. The van der Waals surface area contributed by atoms with Crippen molar-refractivity contribution in [2.45, 2.75) is 56.5 Å². The van der Waals surface area contributed by atoms with E-state index in [0.29, 0.717) is 48.7 Å². The molecule has 1 saturated carbocycles. The van der Waals surface area contributed by atoms with Gasteiger partial charge in [0.1, 0.15) is 5.65 Å². The van der Waals surface area contributed by atoms with E-state index in [2.05, 4.69) is 30.7 Å². The number of nitrogens with one attached hydrogen (secondary N) is 3. The minimum absolute atomic E-state index is 0.0634. The Labute approximate surface area is 205 Å². The second kappa shape index (κ2) is 9.12. The summed E-state index contributed by atoms with van der Waals surface area (Å²) in [5.74, 6) is -2.30. The monoisotopic (exact) mass is 495 g/mol. The highest BCUT2D eigenvalue weighted by Crippen LogP contribution is 2.34. The molecule has 4 aromatic rings. The second-order valence-electron chi connectivity index (χ2n) is 9.60. The molecule has 5 heterocycles. The summed E-state index contributed by atoms with van der Waals surface area (Å²) in [5, 5.41) is 11.5. The molecule has 1 saturated heterocycles. The number of fused-ring (bicyclic) bond motifs is 2. The Hall–Kier alpha value is -3.60. The van der Waals surface area contributed by atoms with E-state index in [0.717, 1.165) is 29.4 Å². The molecule has 0 unspecified atom stereocenters. The van der Waals surface area contributed by atoms with Gasteiger partial charge in [0.15, 0.2) is 0 Å². The summed E-state index contributed by atoms with van der Waals surface area (Å²) in [6.45, 7) is 1.31. The van der Waals surface area contributed by atoms with Crippen molar-refractivity contribution in [3.63, 3.8) is 0 Å². The normalized spacial score (nSPS) is 19.1. The third-order valence-electron chi connectivity index (χ3n) is 7.12. The van der Waals surface area contributed by atoms with E-state index in [-0.39, 0.29) is 30.8 Å². The van der Waals surface area contributed by atoms with Crippen molar-refractivity contribution in [1.29, 1.82) is 0 Å². The van der Waals surface area contributed by atoms with Gasteiger partial charge in [-0.05, 0) is 43.4 Å². The molecule has 2 aliphatic rings. The highest BCUT2D eigenvalue weighted by atomic mass is 19.3. The summed E-state index contributed by atoms with van der Waals surface area (Å²) in [6, 6.07) is 3.90. The summed E-state index contributed by atoms with van der Waals surface area (Å²) in [7, 11) is 0. The first-order valence-electron chi connectivity index (χ1n) is 12.3. The van der Waals surface area contributed by atoms with E-state index in [9.17, 15) is 13.6 Å². The smallest absolute Gasteiger partial charge is 0.255 e. The van der Waals surface area contributed by atoms with E-state index in [4.69, 9.17) is 4.74 Å². The van der Waals surface area contributed by atoms with Crippen LogP contribution < -0.4 is 10.6 Å². The quantitative estimate of drug-likeness (QED) is 0.383. The number of H-pyrrole nitrogens is 1. The Morgan fingerprint density at radius 2 is 1.94 bits per heavy atom. The summed E-state index contributed by atoms with van der Waals surface area (Å²) >= 11 is 0. The third kappa shape index (κ3) is 4.50. The molecule has 188 valence electrons. The number of anilines is 1. The molecule has 36 heavy (non-hydrogen) atoms. The number of hydrogen-bond donors (Lipinski definition) is 3. The van der Waals surface area contributed by atoms with Crippen LogP contribution in [0.15, 0.2) is 36.9 Å². The predicted molar refractivity (Wildman–Crippen MR) is 130 cm³/mol. The number of amides is 1. The van der Waals surface area contributed by atoms with Crippen LogP contribution in [0, 0.1) is 0 Å². The number of carbonyl (C=O) groups is 1. The van der Waals surface area contributed by atoms with Gasteiger partial charge in [0.2, 0.25) is 11.9 Å². The molecule has 3 N–H and O–H groups in total. The van der Waals surface area contributed by atoms with Gasteiger partial charge in [0, 0.05) is 67.7 Å². The number of aromatic amines is 1. The van der Waals surface area contributed by atoms with Crippen molar-refractivity contribution in [3.8, 4) is 11.1 Å². The Morgan fingerprint density at radius 1 is 1.14 bits per heavy atom. The van der Waals surface area contributed by atoms with E-state index in [1.807, 2.05) is 24.5 Å². The molecular formula is C25H27F2N7O2. The number of hydrogen-bond acceptors (Lipinski definition) is 6. The Balaban J connectivity index is 1.23. The van der Waals surface area contributed by atoms with Gasteiger partial charge in [-0.15, -0.1) is 0 Å². The van der Waals surface area contributed by atoms with E-state index in [1.54, 1.807) is 16.9 Å². The third-order valence-corrected chi connectivity index (χ3v) is 7.12. The standard InChI is InChI=1S/C25H27F2N7O2/c26-25(27)6-1-16(2-7-25)32-24-29-13-19-18(12-28-22(19)33-24)15-3-8-34-21(11-15)20(14-30-34)23(35)31-17-4-9-36-10-5-17/h3,8,11-14,16-17H,1-2,4-7,9-10H2,(H,31,35)(H2,28,29,32,33). The second-order valence-corrected chi connectivity index (χ2v) is 9.60. The predicted octanol–water partition coefficient (Wildman–Crippen LogP) is 4.17. The van der Waals surface area contributed by atoms with Crippen LogP contribution in [0.2, 0.25) is 0 Å². The van der Waals surface area contributed by atoms with Crippen LogP contribution in [-0.4, -0.2) is 61.7 Å². The van der Waals surface area contributed by atoms with Gasteiger partial charge in [-0.2, -0.15) is 10.1 Å². The maximum atomic E-state index is 13.4. The molecule has 9 nitrogen and oxygen atoms in total. The zero-order chi connectivity index (χ0) is 24.7. The molecule has 6 rings (SSSR count). The molecule has 1 aliphatic carbocycles. The fraction of sp³-hybridized carbons (Fsp3) is 0.440. The van der Waals surface area contributed by atoms with Crippen molar-refractivity contribution < 1.29 is 18.3 Å². The maximum Gasteiger partial charge on any atom is 0.255 e. The molecule has 0 bridgehead atoms. The van der Waals surface area contributed by atoms with Crippen molar-refractivity contribution in [3.05, 3.63) is 42.5 Å². The number of rotatable bonds is 5. The molecular weight excluding hydrogens is 468 g/mol. The zero-order valence-electron chi connectivity index (χ0n) is 19.6. The van der Waals surface area contributed by atoms with Gasteiger partial charge in [0.05, 0.1) is 17.3 Å². The topological polar surface area (TPSA) is 109 Å². The van der Waals surface area contributed by atoms with Crippen LogP contribution in [0.4, 0.5) is 14.7 Å². The highest BCUT2D eigenvalue weighted by Gasteiger charge is 2.35. The molecule has 0 spiro atoms. The van der Waals surface area contributed by atoms with Gasteiger partial charge in [0.25, 0.3) is 5.91 Å². The van der Waals surface area contributed by atoms with Crippen molar-refractivity contribution >= 4 is 28.4 Å². The van der Waals surface area contributed by atoms with Gasteiger partial charge < -0.3 is 20.4 Å². The van der Waals surface area contributed by atoms with Crippen LogP contribution in [0.5, 0.6) is 0 Å². The average Bonchev–Trinajstić information content (AvgIpc) is 3.49. The van der Waals surface area contributed by atoms with Gasteiger partial charge in [-0.3, -0.25) is 4.79 Å². The number of ether oxygens (including phenoxy) is 1. The molecule has 0 atom stereocenters. The van der Waals surface area contributed by atoms with Crippen LogP contribution in [0.3, 0.4) is 0 Å². The van der Waals surface area contributed by atoms with Crippen LogP contribution in [-0.2, 0) is 4.74 Å². The fourth-order valence-corrected chi connectivity index (χ4v) is 5.01. The summed E-state index contributed by atoms with van der Waals surface area (Å²) in [4.78, 5) is 25.1. The van der Waals surface area contributed by atoms with Crippen molar-refractivity contribution in [1.82, 2.24) is 29.9 Å². The minimum atomic E-state index is -2.57. The Morgan fingerprint density at radius 3 is 2.75 bits per heavy atom. The molecule has 4 aromatic heterocycles. The largest absolute Gasteiger partial charge is 0.381 e. The lowest BCUT2D eigenvalue weighted by Gasteiger charge is -2.28. The van der Waals surface area contributed by atoms with Gasteiger partial charge in [-0.25, -0.2) is 18.3 Å². The first kappa shape index (κ1) is 22.8. The van der Waals surface area contributed by atoms with Crippen molar-refractivity contribution in [2.75, 3.05) is 18.5 Å². The van der Waals surface area contributed by atoms with E-state index < -0.39 is 5.92 Å². The molecule has 2 fully saturated rings. The summed E-state index contributed by atoms with van der Waals surface area (Å²) in [6.07, 6.45) is 9.14. The molecule has 1 aliphatic heterocycles. The molecule has 11 heteroatoms. The number of alkyl halides is 2. The highest BCUT2D eigenvalue weighted by molar-refractivity contribution is 6.02. The molecule has 0 radical (unpaired) electrons. The van der Waals surface area contributed by atoms with Crippen LogP contribution in [0.25, 0.3) is 27.7 Å². The summed E-state index contributed by atoms with van der Waals surface area (Å²) < 4.78 is 33.9. The van der Waals surface area contributed by atoms with Crippen molar-refractivity contribution in [2.24, 2.45) is 0 Å². The number of carbonyl (C=O) groups excluding carboxylic acids is 1. The average molecular weight is 496 g/mol. The first-order valence-corrected chi connectivity index (χ1v) is 12.3. The van der Waals surface area contributed by atoms with Gasteiger partial charge in [-0.1, -0.05) is 0 Å². The van der Waals surface area contributed by atoms with E-state index >= 15 is 0 Å². The number of pyridine rings is 1. The lowest BCUT2D eigenvalue weighted by Crippen LogP contribution is -2.38. The van der Waals surface area contributed by atoms with Crippen LogP contribution >= 0.6 is 0 Å². The lowest BCUT2D eigenvalue weighted by atomic mass is 9.92. The number of aromatic nitrogens is 5. The number of nitrogens with zero attached hydrogens (tertiary/aromatic N) is 4. The Kier molecular flexibility index (Phi) is 5.79. The SMILES string of the molecule is O=C(NC1CCOCC1)c1cnn2ccc(-c3c[nH]c4nc(NC5CCC(F)(F)CC5)ncc34)cc12. The maximum absolute atomic E-state index is 13.4. The Bertz CT molecular complexity index is 1400. The van der Waals surface area contributed by atoms with E-state index in [1.165, 1.54) is 0 Å². The number of halogens is 2. The fourth-order valence-electron chi connectivity index (χ4n) is 5.01. The first-order chi connectivity index (χ1) is 17.4. The minimum Gasteiger partial charge on any atom is -0.381 e. The molecule has 0 aromatic carbocycles. The van der Waals surface area contributed by atoms with Gasteiger partial charge >= 0.3 is 0 Å². The van der Waals surface area contributed by atoms with Crippen LogP contribution in [0.1, 0.15) is 48.9 Å².